The molecule has 0 bridgehead atoms. The Kier molecular flexibility index (Phi) is 4.29. The number of carbonyl (C=O) groups is 2. The molecule has 20 heavy (non-hydrogen) atoms. The molecule has 1 N–H and O–H groups in total. The standard InChI is InChI=1S/C13H13F2NO4/c14-9-1-2-10(15)8(5-9)6-12(17)16-3-4-20-7-11(16)13(18)19/h1-2,5,11H,3-4,6-7H2,(H,18,19)/t11-/m0/s1. The minimum atomic E-state index is -1.18. The van der Waals surface area contributed by atoms with Crippen molar-refractivity contribution in [3.8, 4) is 0 Å². The van der Waals surface area contributed by atoms with E-state index in [1.165, 1.54) is 0 Å². The van der Waals surface area contributed by atoms with Crippen molar-refractivity contribution in [2.75, 3.05) is 19.8 Å². The first-order valence-electron chi connectivity index (χ1n) is 6.03. The number of morpholine rings is 1. The lowest BCUT2D eigenvalue weighted by atomic mass is 10.1. The van der Waals surface area contributed by atoms with Crippen molar-refractivity contribution in [2.24, 2.45) is 0 Å². The van der Waals surface area contributed by atoms with E-state index in [1.54, 1.807) is 0 Å². The summed E-state index contributed by atoms with van der Waals surface area (Å²) >= 11 is 0. The van der Waals surface area contributed by atoms with Crippen molar-refractivity contribution in [2.45, 2.75) is 12.5 Å². The zero-order valence-corrected chi connectivity index (χ0v) is 10.5. The molecule has 0 saturated carbocycles. The van der Waals surface area contributed by atoms with E-state index in [0.29, 0.717) is 0 Å². The van der Waals surface area contributed by atoms with Gasteiger partial charge in [-0.05, 0) is 18.2 Å². The van der Waals surface area contributed by atoms with E-state index >= 15 is 0 Å². The van der Waals surface area contributed by atoms with Crippen LogP contribution in [0.4, 0.5) is 8.78 Å². The molecule has 1 heterocycles. The van der Waals surface area contributed by atoms with Crippen LogP contribution < -0.4 is 0 Å². The summed E-state index contributed by atoms with van der Waals surface area (Å²) in [6, 6.07) is 1.74. The molecule has 1 aromatic carbocycles. The Labute approximate surface area is 113 Å². The SMILES string of the molecule is O=C(O)[C@@H]1COCCN1C(=O)Cc1cc(F)ccc1F. The highest BCUT2D eigenvalue weighted by Gasteiger charge is 2.32. The normalized spacial score (nSPS) is 18.9. The van der Waals surface area contributed by atoms with Crippen molar-refractivity contribution < 1.29 is 28.2 Å². The third-order valence-corrected chi connectivity index (χ3v) is 3.08. The van der Waals surface area contributed by atoms with Gasteiger partial charge < -0.3 is 14.7 Å². The highest BCUT2D eigenvalue weighted by Crippen LogP contribution is 2.14. The van der Waals surface area contributed by atoms with Crippen LogP contribution in [0.25, 0.3) is 0 Å². The number of nitrogens with zero attached hydrogens (tertiary/aromatic N) is 1. The molecule has 1 saturated heterocycles. The van der Waals surface area contributed by atoms with Crippen LogP contribution in [-0.4, -0.2) is 47.7 Å². The molecule has 1 aromatic rings. The number of ether oxygens (including phenoxy) is 1. The Morgan fingerprint density at radius 3 is 2.85 bits per heavy atom. The topological polar surface area (TPSA) is 66.8 Å². The van der Waals surface area contributed by atoms with Crippen LogP contribution in [0.3, 0.4) is 0 Å². The van der Waals surface area contributed by atoms with Gasteiger partial charge >= 0.3 is 5.97 Å². The fraction of sp³-hybridized carbons (Fsp3) is 0.385. The van der Waals surface area contributed by atoms with Crippen molar-refractivity contribution in [1.29, 1.82) is 0 Å². The number of rotatable bonds is 3. The summed E-state index contributed by atoms with van der Waals surface area (Å²) < 4.78 is 31.5. The van der Waals surface area contributed by atoms with Gasteiger partial charge in [-0.25, -0.2) is 13.6 Å². The molecule has 0 aromatic heterocycles. The number of aliphatic carboxylic acids is 1. The average molecular weight is 285 g/mol. The second-order valence-corrected chi connectivity index (χ2v) is 4.43. The molecule has 0 unspecified atom stereocenters. The first-order valence-corrected chi connectivity index (χ1v) is 6.03. The van der Waals surface area contributed by atoms with E-state index < -0.39 is 29.6 Å². The van der Waals surface area contributed by atoms with Gasteiger partial charge in [0.2, 0.25) is 5.91 Å². The maximum absolute atomic E-state index is 13.5. The van der Waals surface area contributed by atoms with E-state index in [0.717, 1.165) is 23.1 Å². The van der Waals surface area contributed by atoms with Crippen LogP contribution in [0.1, 0.15) is 5.56 Å². The number of benzene rings is 1. The highest BCUT2D eigenvalue weighted by atomic mass is 19.1. The molecule has 1 amide bonds. The summed E-state index contributed by atoms with van der Waals surface area (Å²) in [7, 11) is 0. The fourth-order valence-corrected chi connectivity index (χ4v) is 2.05. The molecule has 0 aliphatic carbocycles. The molecule has 1 atom stereocenters. The fourth-order valence-electron chi connectivity index (χ4n) is 2.05. The molecule has 1 fully saturated rings. The molecule has 1 aliphatic rings. The second-order valence-electron chi connectivity index (χ2n) is 4.43. The smallest absolute Gasteiger partial charge is 0.328 e. The van der Waals surface area contributed by atoms with E-state index in [9.17, 15) is 18.4 Å². The zero-order chi connectivity index (χ0) is 14.7. The van der Waals surface area contributed by atoms with Gasteiger partial charge in [0.25, 0.3) is 0 Å². The van der Waals surface area contributed by atoms with E-state index in [1.807, 2.05) is 0 Å². The van der Waals surface area contributed by atoms with Crippen LogP contribution >= 0.6 is 0 Å². The Morgan fingerprint density at radius 2 is 2.15 bits per heavy atom. The highest BCUT2D eigenvalue weighted by molar-refractivity contribution is 5.85. The quantitative estimate of drug-likeness (QED) is 0.893. The first-order chi connectivity index (χ1) is 9.49. The van der Waals surface area contributed by atoms with Crippen molar-refractivity contribution in [1.82, 2.24) is 4.90 Å². The summed E-state index contributed by atoms with van der Waals surface area (Å²) in [5, 5.41) is 9.01. The van der Waals surface area contributed by atoms with Gasteiger partial charge in [0, 0.05) is 12.1 Å². The molecular formula is C13H13F2NO4. The molecule has 1 aliphatic heterocycles. The maximum atomic E-state index is 13.5. The lowest BCUT2D eigenvalue weighted by molar-refractivity contribution is -0.158. The minimum absolute atomic E-state index is 0.0920. The number of carboxylic acids is 1. The van der Waals surface area contributed by atoms with E-state index in [-0.39, 0.29) is 31.7 Å². The average Bonchev–Trinajstić information content (AvgIpc) is 2.42. The van der Waals surface area contributed by atoms with Crippen LogP contribution in [0.15, 0.2) is 18.2 Å². The molecule has 2 rings (SSSR count). The van der Waals surface area contributed by atoms with Crippen LogP contribution in [0.2, 0.25) is 0 Å². The third-order valence-electron chi connectivity index (χ3n) is 3.08. The van der Waals surface area contributed by atoms with E-state index in [4.69, 9.17) is 9.84 Å². The van der Waals surface area contributed by atoms with Gasteiger partial charge in [-0.1, -0.05) is 0 Å². The summed E-state index contributed by atoms with van der Waals surface area (Å²) in [4.78, 5) is 24.2. The summed E-state index contributed by atoms with van der Waals surface area (Å²) in [6.07, 6.45) is -0.382. The predicted molar refractivity (Wildman–Crippen MR) is 64.0 cm³/mol. The summed E-state index contributed by atoms with van der Waals surface area (Å²) in [6.45, 7) is 0.237. The van der Waals surface area contributed by atoms with Crippen LogP contribution in [0.5, 0.6) is 0 Å². The molecule has 108 valence electrons. The van der Waals surface area contributed by atoms with Crippen molar-refractivity contribution in [3.63, 3.8) is 0 Å². The first kappa shape index (κ1) is 14.4. The minimum Gasteiger partial charge on any atom is -0.480 e. The van der Waals surface area contributed by atoms with Gasteiger partial charge in [-0.15, -0.1) is 0 Å². The van der Waals surface area contributed by atoms with Gasteiger partial charge in [0.15, 0.2) is 6.04 Å². The summed E-state index contributed by atoms with van der Waals surface area (Å²) in [5.41, 5.74) is -0.0920. The van der Waals surface area contributed by atoms with Crippen molar-refractivity contribution >= 4 is 11.9 Å². The largest absolute Gasteiger partial charge is 0.480 e. The second kappa shape index (κ2) is 5.96. The Hall–Kier alpha value is -2.02. The number of carboxylic acid groups (broad SMARTS) is 1. The van der Waals surface area contributed by atoms with E-state index in [2.05, 4.69) is 0 Å². The number of carbonyl (C=O) groups excluding carboxylic acids is 1. The lowest BCUT2D eigenvalue weighted by Crippen LogP contribution is -2.53. The maximum Gasteiger partial charge on any atom is 0.328 e. The Balaban J connectivity index is 2.14. The van der Waals surface area contributed by atoms with Gasteiger partial charge in [0.1, 0.15) is 11.6 Å². The zero-order valence-electron chi connectivity index (χ0n) is 10.5. The van der Waals surface area contributed by atoms with Gasteiger partial charge in [-0.2, -0.15) is 0 Å². The summed E-state index contributed by atoms with van der Waals surface area (Å²) in [5.74, 6) is -3.09. The number of hydrogen-bond donors (Lipinski definition) is 1. The molecule has 0 radical (unpaired) electrons. The monoisotopic (exact) mass is 285 g/mol. The molecule has 5 nitrogen and oxygen atoms in total. The Bertz CT molecular complexity index is 535. The molecule has 7 heteroatoms. The lowest BCUT2D eigenvalue weighted by Gasteiger charge is -2.32. The number of amides is 1. The van der Waals surface area contributed by atoms with Crippen molar-refractivity contribution in [3.05, 3.63) is 35.4 Å². The van der Waals surface area contributed by atoms with Gasteiger partial charge in [0.05, 0.1) is 19.6 Å². The number of halogens is 2. The molecular weight excluding hydrogens is 272 g/mol. The molecule has 0 spiro atoms. The Morgan fingerprint density at radius 1 is 1.40 bits per heavy atom. The predicted octanol–water partition coefficient (Wildman–Crippen LogP) is 0.819. The third kappa shape index (κ3) is 3.11. The van der Waals surface area contributed by atoms with Crippen LogP contribution in [-0.2, 0) is 20.7 Å². The number of hydrogen-bond acceptors (Lipinski definition) is 3. The van der Waals surface area contributed by atoms with Gasteiger partial charge in [-0.3, -0.25) is 4.79 Å². The van der Waals surface area contributed by atoms with Crippen LogP contribution in [0, 0.1) is 11.6 Å².